The second-order valence-electron chi connectivity index (χ2n) is 8.63. The number of amides is 1. The number of cyclic esters (lactones) is 1. The SMILES string of the molecule is CCCN(C1=C(O)CC(CCc2ccccc2)(C(C)C)OC1=O)c1cccc(C(N)=O)c1. The number of primary amides is 1. The number of hydrogen-bond acceptors (Lipinski definition) is 5. The first kappa shape index (κ1) is 23.4. The molecule has 0 saturated heterocycles. The van der Waals surface area contributed by atoms with E-state index in [0.29, 0.717) is 24.2 Å². The lowest BCUT2D eigenvalue weighted by molar-refractivity contribution is -0.166. The maximum Gasteiger partial charge on any atom is 0.359 e. The molecule has 1 unspecified atom stereocenters. The van der Waals surface area contributed by atoms with Gasteiger partial charge in [0.2, 0.25) is 5.91 Å². The molecule has 6 heteroatoms. The molecule has 0 fully saturated rings. The molecule has 0 radical (unpaired) electrons. The first-order valence-corrected chi connectivity index (χ1v) is 11.1. The van der Waals surface area contributed by atoms with Gasteiger partial charge < -0.3 is 20.5 Å². The molecule has 0 aromatic heterocycles. The normalized spacial score (nSPS) is 18.6. The predicted molar refractivity (Wildman–Crippen MR) is 125 cm³/mol. The molecule has 3 rings (SSSR count). The number of rotatable bonds is 9. The Bertz CT molecular complexity index is 1000. The number of benzene rings is 2. The summed E-state index contributed by atoms with van der Waals surface area (Å²) in [6.45, 7) is 6.48. The maximum atomic E-state index is 13.3. The molecular weight excluding hydrogens is 404 g/mol. The van der Waals surface area contributed by atoms with Gasteiger partial charge in [-0.15, -0.1) is 0 Å². The highest BCUT2D eigenvalue weighted by atomic mass is 16.6. The third-order valence-corrected chi connectivity index (χ3v) is 6.12. The lowest BCUT2D eigenvalue weighted by atomic mass is 9.79. The fraction of sp³-hybridized carbons (Fsp3) is 0.385. The van der Waals surface area contributed by atoms with Crippen LogP contribution in [0.3, 0.4) is 0 Å². The number of hydrogen-bond donors (Lipinski definition) is 2. The summed E-state index contributed by atoms with van der Waals surface area (Å²) in [6, 6.07) is 16.8. The van der Waals surface area contributed by atoms with Gasteiger partial charge in [-0.2, -0.15) is 0 Å². The number of nitrogens with two attached hydrogens (primary N) is 1. The van der Waals surface area contributed by atoms with Crippen molar-refractivity contribution in [2.75, 3.05) is 11.4 Å². The highest BCUT2D eigenvalue weighted by Crippen LogP contribution is 2.40. The Morgan fingerprint density at radius 2 is 1.91 bits per heavy atom. The van der Waals surface area contributed by atoms with E-state index >= 15 is 0 Å². The average molecular weight is 437 g/mol. The molecular formula is C26H32N2O4. The standard InChI is InChI=1S/C26H32N2O4/c1-4-15-28(21-12-8-11-20(16-21)24(27)30)23-22(29)17-26(18(2)3,32-25(23)31)14-13-19-9-6-5-7-10-19/h5-12,16,18,29H,4,13-15,17H2,1-3H3,(H2,27,30). The monoisotopic (exact) mass is 436 g/mol. The van der Waals surface area contributed by atoms with Crippen molar-refractivity contribution in [3.63, 3.8) is 0 Å². The quantitative estimate of drug-likeness (QED) is 0.554. The Kier molecular flexibility index (Phi) is 7.23. The van der Waals surface area contributed by atoms with Gasteiger partial charge in [0.25, 0.3) is 0 Å². The molecule has 1 heterocycles. The van der Waals surface area contributed by atoms with Crippen LogP contribution in [0.15, 0.2) is 66.1 Å². The number of aliphatic hydroxyl groups is 1. The number of ether oxygens (including phenoxy) is 1. The zero-order chi connectivity index (χ0) is 23.3. The van der Waals surface area contributed by atoms with Gasteiger partial charge in [-0.25, -0.2) is 4.79 Å². The summed E-state index contributed by atoms with van der Waals surface area (Å²) in [5.41, 5.74) is 6.89. The van der Waals surface area contributed by atoms with E-state index in [-0.39, 0.29) is 23.8 Å². The average Bonchev–Trinajstić information content (AvgIpc) is 2.77. The number of aryl methyl sites for hydroxylation is 1. The Morgan fingerprint density at radius 3 is 2.50 bits per heavy atom. The first-order chi connectivity index (χ1) is 15.3. The molecule has 0 saturated carbocycles. The van der Waals surface area contributed by atoms with Crippen molar-refractivity contribution < 1.29 is 19.4 Å². The van der Waals surface area contributed by atoms with Crippen molar-refractivity contribution >= 4 is 17.6 Å². The molecule has 2 aromatic rings. The van der Waals surface area contributed by atoms with Gasteiger partial charge in [-0.1, -0.05) is 57.2 Å². The summed E-state index contributed by atoms with van der Waals surface area (Å²) in [4.78, 5) is 26.6. The van der Waals surface area contributed by atoms with Gasteiger partial charge >= 0.3 is 5.97 Å². The number of carbonyl (C=O) groups excluding carboxylic acids is 2. The van der Waals surface area contributed by atoms with Gasteiger partial charge in [-0.3, -0.25) is 4.79 Å². The Hall–Kier alpha value is -3.28. The van der Waals surface area contributed by atoms with E-state index in [9.17, 15) is 14.7 Å². The van der Waals surface area contributed by atoms with E-state index in [1.807, 2.05) is 39.0 Å². The first-order valence-electron chi connectivity index (χ1n) is 11.1. The molecule has 2 aromatic carbocycles. The summed E-state index contributed by atoms with van der Waals surface area (Å²) in [6.07, 6.45) is 2.33. The lowest BCUT2D eigenvalue weighted by Gasteiger charge is -2.42. The molecule has 170 valence electrons. The zero-order valence-corrected chi connectivity index (χ0v) is 19.0. The largest absolute Gasteiger partial charge is 0.510 e. The van der Waals surface area contributed by atoms with E-state index in [1.165, 1.54) is 0 Å². The molecule has 1 atom stereocenters. The predicted octanol–water partition coefficient (Wildman–Crippen LogP) is 4.75. The van der Waals surface area contributed by atoms with E-state index in [0.717, 1.165) is 18.4 Å². The van der Waals surface area contributed by atoms with Crippen molar-refractivity contribution in [2.24, 2.45) is 11.7 Å². The summed E-state index contributed by atoms with van der Waals surface area (Å²) in [5, 5.41) is 11.1. The van der Waals surface area contributed by atoms with Gasteiger partial charge in [0.1, 0.15) is 11.4 Å². The minimum atomic E-state index is -0.784. The maximum absolute atomic E-state index is 13.3. The smallest absolute Gasteiger partial charge is 0.359 e. The fourth-order valence-electron chi connectivity index (χ4n) is 4.19. The Labute approximate surface area is 189 Å². The van der Waals surface area contributed by atoms with E-state index < -0.39 is 17.5 Å². The second kappa shape index (κ2) is 9.90. The van der Waals surface area contributed by atoms with Crippen LogP contribution in [-0.4, -0.2) is 29.1 Å². The van der Waals surface area contributed by atoms with Gasteiger partial charge in [0.15, 0.2) is 5.70 Å². The summed E-state index contributed by atoms with van der Waals surface area (Å²) in [5.74, 6) is -1.06. The lowest BCUT2D eigenvalue weighted by Crippen LogP contribution is -2.48. The van der Waals surface area contributed by atoms with Crippen molar-refractivity contribution in [1.82, 2.24) is 0 Å². The van der Waals surface area contributed by atoms with Crippen LogP contribution in [0.5, 0.6) is 0 Å². The number of aliphatic hydroxyl groups excluding tert-OH is 1. The van der Waals surface area contributed by atoms with Crippen molar-refractivity contribution in [3.05, 3.63) is 77.2 Å². The van der Waals surface area contributed by atoms with Crippen LogP contribution in [0.4, 0.5) is 5.69 Å². The highest BCUT2D eigenvalue weighted by Gasteiger charge is 2.45. The zero-order valence-electron chi connectivity index (χ0n) is 19.0. The van der Waals surface area contributed by atoms with Gasteiger partial charge in [0, 0.05) is 24.2 Å². The molecule has 1 amide bonds. The second-order valence-corrected chi connectivity index (χ2v) is 8.63. The van der Waals surface area contributed by atoms with Crippen LogP contribution < -0.4 is 10.6 Å². The molecule has 3 N–H and O–H groups in total. The van der Waals surface area contributed by atoms with E-state index in [2.05, 4.69) is 12.1 Å². The van der Waals surface area contributed by atoms with Gasteiger partial charge in [-0.05, 0) is 48.9 Å². The summed E-state index contributed by atoms with van der Waals surface area (Å²) in [7, 11) is 0. The minimum Gasteiger partial charge on any atom is -0.510 e. The van der Waals surface area contributed by atoms with Crippen LogP contribution in [0.2, 0.25) is 0 Å². The number of anilines is 1. The Balaban J connectivity index is 1.94. The minimum absolute atomic E-state index is 0.0148. The number of nitrogens with zero attached hydrogens (tertiary/aromatic N) is 1. The van der Waals surface area contributed by atoms with Crippen LogP contribution >= 0.6 is 0 Å². The Morgan fingerprint density at radius 1 is 1.19 bits per heavy atom. The molecule has 0 bridgehead atoms. The summed E-state index contributed by atoms with van der Waals surface area (Å²) >= 11 is 0. The number of esters is 1. The molecule has 0 aliphatic carbocycles. The third-order valence-electron chi connectivity index (χ3n) is 6.12. The van der Waals surface area contributed by atoms with Crippen molar-refractivity contribution in [1.29, 1.82) is 0 Å². The van der Waals surface area contributed by atoms with Crippen LogP contribution in [0.25, 0.3) is 0 Å². The van der Waals surface area contributed by atoms with Crippen molar-refractivity contribution in [3.8, 4) is 0 Å². The summed E-state index contributed by atoms with van der Waals surface area (Å²) < 4.78 is 6.08. The van der Waals surface area contributed by atoms with E-state index in [4.69, 9.17) is 10.5 Å². The molecule has 1 aliphatic heterocycles. The topological polar surface area (TPSA) is 92.9 Å². The molecule has 0 spiro atoms. The van der Waals surface area contributed by atoms with Crippen LogP contribution in [-0.2, 0) is 16.0 Å². The van der Waals surface area contributed by atoms with Gasteiger partial charge in [0.05, 0.1) is 0 Å². The van der Waals surface area contributed by atoms with Crippen molar-refractivity contribution in [2.45, 2.75) is 52.1 Å². The molecule has 1 aliphatic rings. The van der Waals surface area contributed by atoms with E-state index in [1.54, 1.807) is 29.2 Å². The highest BCUT2D eigenvalue weighted by molar-refractivity contribution is 5.96. The number of carbonyl (C=O) groups is 2. The van der Waals surface area contributed by atoms with Crippen LogP contribution in [0, 0.1) is 5.92 Å². The van der Waals surface area contributed by atoms with Crippen LogP contribution in [0.1, 0.15) is 56.0 Å². The molecule has 32 heavy (non-hydrogen) atoms. The fourth-order valence-corrected chi connectivity index (χ4v) is 4.19. The molecule has 6 nitrogen and oxygen atoms in total. The third kappa shape index (κ3) is 4.96.